The summed E-state index contributed by atoms with van der Waals surface area (Å²) in [6, 6.07) is 11.8. The second kappa shape index (κ2) is 4.10. The molecule has 0 radical (unpaired) electrons. The topological polar surface area (TPSA) is 39.9 Å². The van der Waals surface area contributed by atoms with E-state index >= 15 is 0 Å². The molecule has 0 aliphatic rings. The zero-order chi connectivity index (χ0) is 12.5. The van der Waals surface area contributed by atoms with Gasteiger partial charge in [-0.15, -0.1) is 5.10 Å². The van der Waals surface area contributed by atoms with Crippen LogP contribution in [0.25, 0.3) is 16.7 Å². The van der Waals surface area contributed by atoms with Crippen LogP contribution in [0.15, 0.2) is 42.5 Å². The summed E-state index contributed by atoms with van der Waals surface area (Å²) in [5.74, 6) is 0.404. The van der Waals surface area contributed by atoms with E-state index in [4.69, 9.17) is 4.74 Å². The van der Waals surface area contributed by atoms with E-state index in [-0.39, 0.29) is 5.82 Å². The van der Waals surface area contributed by atoms with Crippen molar-refractivity contribution in [1.82, 2.24) is 15.0 Å². The minimum Gasteiger partial charge on any atom is -0.497 e. The van der Waals surface area contributed by atoms with Gasteiger partial charge in [-0.05, 0) is 24.3 Å². The highest BCUT2D eigenvalue weighted by Crippen LogP contribution is 2.20. The molecule has 1 heterocycles. The zero-order valence-electron chi connectivity index (χ0n) is 9.67. The highest BCUT2D eigenvalue weighted by atomic mass is 19.1. The quantitative estimate of drug-likeness (QED) is 0.694. The highest BCUT2D eigenvalue weighted by Gasteiger charge is 2.08. The Balaban J connectivity index is 2.21. The maximum atomic E-state index is 13.3. The molecule has 0 saturated heterocycles. The van der Waals surface area contributed by atoms with Gasteiger partial charge < -0.3 is 4.74 Å². The summed E-state index contributed by atoms with van der Waals surface area (Å²) in [6.45, 7) is 0. The number of rotatable bonds is 2. The minimum absolute atomic E-state index is 0.311. The van der Waals surface area contributed by atoms with E-state index in [2.05, 4.69) is 10.3 Å². The molecule has 90 valence electrons. The summed E-state index contributed by atoms with van der Waals surface area (Å²) in [5.41, 5.74) is 2.06. The smallest absolute Gasteiger partial charge is 0.125 e. The van der Waals surface area contributed by atoms with E-state index in [0.29, 0.717) is 16.8 Å². The third-order valence-corrected chi connectivity index (χ3v) is 2.71. The van der Waals surface area contributed by atoms with E-state index in [1.54, 1.807) is 17.9 Å². The van der Waals surface area contributed by atoms with E-state index in [1.807, 2.05) is 24.3 Å². The van der Waals surface area contributed by atoms with Crippen molar-refractivity contribution >= 4 is 11.0 Å². The SMILES string of the molecule is COc1cccc(-n2nnc3ccc(F)cc32)c1. The van der Waals surface area contributed by atoms with Gasteiger partial charge >= 0.3 is 0 Å². The predicted octanol–water partition coefficient (Wildman–Crippen LogP) is 2.57. The monoisotopic (exact) mass is 243 g/mol. The fourth-order valence-electron chi connectivity index (χ4n) is 1.82. The lowest BCUT2D eigenvalue weighted by Gasteiger charge is -2.04. The van der Waals surface area contributed by atoms with Gasteiger partial charge in [0.05, 0.1) is 18.3 Å². The number of aromatic nitrogens is 3. The molecular weight excluding hydrogens is 233 g/mol. The number of halogens is 1. The Hall–Kier alpha value is -2.43. The molecule has 3 aromatic rings. The molecular formula is C13H10FN3O. The van der Waals surface area contributed by atoms with Crippen LogP contribution >= 0.6 is 0 Å². The molecule has 0 amide bonds. The molecule has 4 nitrogen and oxygen atoms in total. The average Bonchev–Trinajstić information content (AvgIpc) is 2.81. The van der Waals surface area contributed by atoms with Crippen molar-refractivity contribution in [3.05, 3.63) is 48.3 Å². The molecule has 0 saturated carbocycles. The average molecular weight is 243 g/mol. The normalized spacial score (nSPS) is 10.8. The van der Waals surface area contributed by atoms with Crippen LogP contribution in [0.1, 0.15) is 0 Å². The van der Waals surface area contributed by atoms with Crippen molar-refractivity contribution < 1.29 is 9.13 Å². The van der Waals surface area contributed by atoms with Crippen molar-refractivity contribution in [2.24, 2.45) is 0 Å². The summed E-state index contributed by atoms with van der Waals surface area (Å²) >= 11 is 0. The Morgan fingerprint density at radius 2 is 2.06 bits per heavy atom. The maximum absolute atomic E-state index is 13.3. The molecule has 0 aliphatic carbocycles. The Kier molecular flexibility index (Phi) is 2.44. The Labute approximate surface area is 103 Å². The van der Waals surface area contributed by atoms with Crippen LogP contribution in [0.2, 0.25) is 0 Å². The van der Waals surface area contributed by atoms with Crippen molar-refractivity contribution in [2.75, 3.05) is 7.11 Å². The molecule has 0 fully saturated rings. The van der Waals surface area contributed by atoms with E-state index in [1.165, 1.54) is 12.1 Å². The van der Waals surface area contributed by atoms with Gasteiger partial charge in [0.15, 0.2) is 0 Å². The standard InChI is InChI=1S/C13H10FN3O/c1-18-11-4-2-3-10(8-11)17-13-7-9(14)5-6-12(13)15-16-17/h2-8H,1H3. The van der Waals surface area contributed by atoms with Crippen LogP contribution in [-0.2, 0) is 0 Å². The van der Waals surface area contributed by atoms with Gasteiger partial charge in [0, 0.05) is 12.1 Å². The minimum atomic E-state index is -0.311. The second-order valence-electron chi connectivity index (χ2n) is 3.84. The molecule has 2 aromatic carbocycles. The number of hydrogen-bond acceptors (Lipinski definition) is 3. The Morgan fingerprint density at radius 3 is 2.89 bits per heavy atom. The Morgan fingerprint density at radius 1 is 1.17 bits per heavy atom. The van der Waals surface area contributed by atoms with Gasteiger partial charge in [-0.25, -0.2) is 9.07 Å². The molecule has 18 heavy (non-hydrogen) atoms. The van der Waals surface area contributed by atoms with Gasteiger partial charge in [0.1, 0.15) is 17.1 Å². The van der Waals surface area contributed by atoms with Crippen LogP contribution in [-0.4, -0.2) is 22.1 Å². The van der Waals surface area contributed by atoms with Gasteiger partial charge in [-0.1, -0.05) is 11.3 Å². The van der Waals surface area contributed by atoms with Gasteiger partial charge in [-0.3, -0.25) is 0 Å². The summed E-state index contributed by atoms with van der Waals surface area (Å²) < 4.78 is 20.0. The zero-order valence-corrected chi connectivity index (χ0v) is 9.67. The van der Waals surface area contributed by atoms with Crippen LogP contribution < -0.4 is 4.74 Å². The van der Waals surface area contributed by atoms with Crippen molar-refractivity contribution in [3.8, 4) is 11.4 Å². The van der Waals surface area contributed by atoms with E-state index in [9.17, 15) is 4.39 Å². The van der Waals surface area contributed by atoms with Crippen molar-refractivity contribution in [3.63, 3.8) is 0 Å². The third-order valence-electron chi connectivity index (χ3n) is 2.71. The fraction of sp³-hybridized carbons (Fsp3) is 0.0769. The summed E-state index contributed by atoms with van der Waals surface area (Å²) in [4.78, 5) is 0. The van der Waals surface area contributed by atoms with Crippen molar-refractivity contribution in [2.45, 2.75) is 0 Å². The number of ether oxygens (including phenoxy) is 1. The molecule has 0 bridgehead atoms. The molecule has 0 aliphatic heterocycles. The second-order valence-corrected chi connectivity index (χ2v) is 3.84. The predicted molar refractivity (Wildman–Crippen MR) is 65.4 cm³/mol. The molecule has 0 spiro atoms. The summed E-state index contributed by atoms with van der Waals surface area (Å²) in [7, 11) is 1.60. The molecule has 0 N–H and O–H groups in total. The van der Waals surface area contributed by atoms with Gasteiger partial charge in [0.25, 0.3) is 0 Å². The number of benzene rings is 2. The molecule has 0 atom stereocenters. The number of nitrogens with zero attached hydrogens (tertiary/aromatic N) is 3. The van der Waals surface area contributed by atoms with Crippen LogP contribution in [0.5, 0.6) is 5.75 Å². The van der Waals surface area contributed by atoms with Crippen LogP contribution in [0.4, 0.5) is 4.39 Å². The Bertz CT molecular complexity index is 708. The van der Waals surface area contributed by atoms with Crippen LogP contribution in [0, 0.1) is 5.82 Å². The van der Waals surface area contributed by atoms with Gasteiger partial charge in [-0.2, -0.15) is 0 Å². The largest absolute Gasteiger partial charge is 0.497 e. The molecule has 1 aromatic heterocycles. The van der Waals surface area contributed by atoms with Crippen LogP contribution in [0.3, 0.4) is 0 Å². The number of methoxy groups -OCH3 is 1. The maximum Gasteiger partial charge on any atom is 0.125 e. The first kappa shape index (κ1) is 10.7. The lowest BCUT2D eigenvalue weighted by molar-refractivity contribution is 0.414. The fourth-order valence-corrected chi connectivity index (χ4v) is 1.82. The first-order chi connectivity index (χ1) is 8.78. The lowest BCUT2D eigenvalue weighted by Crippen LogP contribution is -1.97. The molecule has 3 rings (SSSR count). The molecule has 0 unspecified atom stereocenters. The molecule has 5 heteroatoms. The summed E-state index contributed by atoms with van der Waals surface area (Å²) in [5, 5.41) is 8.02. The summed E-state index contributed by atoms with van der Waals surface area (Å²) in [6.07, 6.45) is 0. The van der Waals surface area contributed by atoms with Gasteiger partial charge in [0.2, 0.25) is 0 Å². The van der Waals surface area contributed by atoms with E-state index in [0.717, 1.165) is 5.69 Å². The lowest BCUT2D eigenvalue weighted by atomic mass is 10.2. The van der Waals surface area contributed by atoms with E-state index < -0.39 is 0 Å². The van der Waals surface area contributed by atoms with Crippen molar-refractivity contribution in [1.29, 1.82) is 0 Å². The number of fused-ring (bicyclic) bond motifs is 1. The number of hydrogen-bond donors (Lipinski definition) is 0. The third kappa shape index (κ3) is 1.69. The highest BCUT2D eigenvalue weighted by molar-refractivity contribution is 5.76. The first-order valence-electron chi connectivity index (χ1n) is 5.43. The first-order valence-corrected chi connectivity index (χ1v) is 5.43.